The molecule has 0 bridgehead atoms. The Kier molecular flexibility index (Phi) is 5.25. The fourth-order valence-electron chi connectivity index (χ4n) is 1.27. The van der Waals surface area contributed by atoms with E-state index in [1.165, 1.54) is 19.2 Å². The Bertz CT molecular complexity index is 615. The standard InChI is InChI=1S/C11H15BrN2O5S/c1-11(2,19-3)7-13-20(17,18)10-6-8(12)4-5-9(10)14(15)16/h4-6,13H,7H2,1-3H3. The molecular weight excluding hydrogens is 352 g/mol. The van der Waals surface area contributed by atoms with Crippen LogP contribution < -0.4 is 4.72 Å². The van der Waals surface area contributed by atoms with Gasteiger partial charge in [-0.2, -0.15) is 0 Å². The summed E-state index contributed by atoms with van der Waals surface area (Å²) in [5, 5.41) is 10.9. The zero-order valence-corrected chi connectivity index (χ0v) is 13.6. The van der Waals surface area contributed by atoms with Crippen LogP contribution in [0.2, 0.25) is 0 Å². The number of ether oxygens (including phenoxy) is 1. The van der Waals surface area contributed by atoms with Crippen LogP contribution in [-0.4, -0.2) is 32.6 Å². The highest BCUT2D eigenvalue weighted by Crippen LogP contribution is 2.27. The Morgan fingerprint density at radius 1 is 1.45 bits per heavy atom. The molecule has 0 amide bonds. The third-order valence-electron chi connectivity index (χ3n) is 2.65. The van der Waals surface area contributed by atoms with Gasteiger partial charge in [-0.15, -0.1) is 0 Å². The number of nitrogens with one attached hydrogen (secondary N) is 1. The highest BCUT2D eigenvalue weighted by atomic mass is 79.9. The predicted octanol–water partition coefficient (Wildman–Crippen LogP) is 2.06. The molecule has 20 heavy (non-hydrogen) atoms. The monoisotopic (exact) mass is 366 g/mol. The number of benzene rings is 1. The van der Waals surface area contributed by atoms with Gasteiger partial charge in [-0.25, -0.2) is 13.1 Å². The van der Waals surface area contributed by atoms with Crippen molar-refractivity contribution in [3.8, 4) is 0 Å². The summed E-state index contributed by atoms with van der Waals surface area (Å²) in [5.41, 5.74) is -1.19. The summed E-state index contributed by atoms with van der Waals surface area (Å²) >= 11 is 3.10. The van der Waals surface area contributed by atoms with Crippen LogP contribution in [0.15, 0.2) is 27.6 Å². The van der Waals surface area contributed by atoms with Gasteiger partial charge in [0, 0.05) is 24.2 Å². The second-order valence-corrected chi connectivity index (χ2v) is 7.31. The third kappa shape index (κ3) is 4.23. The second kappa shape index (κ2) is 6.17. The molecule has 0 saturated heterocycles. The first-order chi connectivity index (χ1) is 9.09. The Morgan fingerprint density at radius 3 is 2.55 bits per heavy atom. The molecule has 9 heteroatoms. The fraction of sp³-hybridized carbons (Fsp3) is 0.455. The quantitative estimate of drug-likeness (QED) is 0.613. The van der Waals surface area contributed by atoms with Crippen LogP contribution in [0, 0.1) is 10.1 Å². The van der Waals surface area contributed by atoms with Crippen molar-refractivity contribution in [2.24, 2.45) is 0 Å². The molecule has 1 aromatic carbocycles. The van der Waals surface area contributed by atoms with Crippen molar-refractivity contribution >= 4 is 31.6 Å². The second-order valence-electron chi connectivity index (χ2n) is 4.66. The number of halogens is 1. The maximum absolute atomic E-state index is 12.2. The normalized spacial score (nSPS) is 12.4. The van der Waals surface area contributed by atoms with E-state index in [1.807, 2.05) is 0 Å². The van der Waals surface area contributed by atoms with Crippen molar-refractivity contribution in [1.82, 2.24) is 4.72 Å². The summed E-state index contributed by atoms with van der Waals surface area (Å²) in [4.78, 5) is 9.79. The lowest BCUT2D eigenvalue weighted by Gasteiger charge is -2.23. The average Bonchev–Trinajstić information content (AvgIpc) is 2.36. The fourth-order valence-corrected chi connectivity index (χ4v) is 3.18. The molecule has 7 nitrogen and oxygen atoms in total. The molecule has 0 aliphatic heterocycles. The zero-order valence-electron chi connectivity index (χ0n) is 11.2. The van der Waals surface area contributed by atoms with E-state index in [4.69, 9.17) is 4.74 Å². The van der Waals surface area contributed by atoms with Crippen LogP contribution in [0.25, 0.3) is 0 Å². The van der Waals surface area contributed by atoms with E-state index in [9.17, 15) is 18.5 Å². The van der Waals surface area contributed by atoms with Gasteiger partial charge in [0.2, 0.25) is 10.0 Å². The van der Waals surface area contributed by atoms with Gasteiger partial charge in [0.1, 0.15) is 0 Å². The number of nitrogens with zero attached hydrogens (tertiary/aromatic N) is 1. The zero-order chi connectivity index (χ0) is 15.6. The highest BCUT2D eigenvalue weighted by Gasteiger charge is 2.28. The number of methoxy groups -OCH3 is 1. The Morgan fingerprint density at radius 2 is 2.05 bits per heavy atom. The molecule has 0 radical (unpaired) electrons. The first kappa shape index (κ1) is 17.0. The molecule has 0 aromatic heterocycles. The van der Waals surface area contributed by atoms with Gasteiger partial charge in [-0.05, 0) is 26.0 Å². The molecule has 0 fully saturated rings. The number of rotatable bonds is 6. The molecule has 1 aromatic rings. The summed E-state index contributed by atoms with van der Waals surface area (Å²) < 4.78 is 32.2. The molecule has 0 saturated carbocycles. The lowest BCUT2D eigenvalue weighted by molar-refractivity contribution is -0.387. The lowest BCUT2D eigenvalue weighted by Crippen LogP contribution is -2.39. The molecule has 0 aliphatic rings. The summed E-state index contributed by atoms with van der Waals surface area (Å²) in [7, 11) is -2.55. The highest BCUT2D eigenvalue weighted by molar-refractivity contribution is 9.10. The number of hydrogen-bond donors (Lipinski definition) is 1. The van der Waals surface area contributed by atoms with E-state index in [0.717, 1.165) is 6.07 Å². The molecule has 1 N–H and O–H groups in total. The van der Waals surface area contributed by atoms with E-state index < -0.39 is 26.2 Å². The summed E-state index contributed by atoms with van der Waals surface area (Å²) in [6.07, 6.45) is 0. The van der Waals surface area contributed by atoms with Gasteiger partial charge >= 0.3 is 0 Å². The van der Waals surface area contributed by atoms with Gasteiger partial charge in [-0.1, -0.05) is 15.9 Å². The number of nitro benzene ring substituents is 1. The Hall–Kier alpha value is -1.03. The molecule has 0 aliphatic carbocycles. The third-order valence-corrected chi connectivity index (χ3v) is 4.57. The molecule has 0 unspecified atom stereocenters. The van der Waals surface area contributed by atoms with Crippen LogP contribution in [-0.2, 0) is 14.8 Å². The lowest BCUT2D eigenvalue weighted by atomic mass is 10.1. The summed E-state index contributed by atoms with van der Waals surface area (Å²) in [5.74, 6) is 0. The Balaban J connectivity index is 3.16. The number of nitro groups is 1. The maximum Gasteiger partial charge on any atom is 0.289 e. The summed E-state index contributed by atoms with van der Waals surface area (Å²) in [6, 6.07) is 3.75. The van der Waals surface area contributed by atoms with E-state index in [-0.39, 0.29) is 11.4 Å². The van der Waals surface area contributed by atoms with E-state index in [2.05, 4.69) is 20.7 Å². The Labute approximate surface area is 125 Å². The van der Waals surface area contributed by atoms with Crippen molar-refractivity contribution < 1.29 is 18.1 Å². The molecule has 0 atom stereocenters. The van der Waals surface area contributed by atoms with Gasteiger partial charge in [0.25, 0.3) is 5.69 Å². The van der Waals surface area contributed by atoms with E-state index >= 15 is 0 Å². The van der Waals surface area contributed by atoms with Gasteiger partial charge in [0.15, 0.2) is 4.90 Å². The van der Waals surface area contributed by atoms with Crippen molar-refractivity contribution in [3.63, 3.8) is 0 Å². The van der Waals surface area contributed by atoms with E-state index in [1.54, 1.807) is 13.8 Å². The predicted molar refractivity (Wildman–Crippen MR) is 77.1 cm³/mol. The van der Waals surface area contributed by atoms with Crippen molar-refractivity contribution in [2.45, 2.75) is 24.3 Å². The van der Waals surface area contributed by atoms with Crippen LogP contribution in [0.3, 0.4) is 0 Å². The van der Waals surface area contributed by atoms with Crippen LogP contribution >= 0.6 is 15.9 Å². The minimum Gasteiger partial charge on any atom is -0.377 e. The first-order valence-electron chi connectivity index (χ1n) is 5.58. The minimum absolute atomic E-state index is 0.00446. The SMILES string of the molecule is COC(C)(C)CNS(=O)(=O)c1cc(Br)ccc1[N+](=O)[O-]. The number of hydrogen-bond acceptors (Lipinski definition) is 5. The minimum atomic E-state index is -4.00. The van der Waals surface area contributed by atoms with Crippen molar-refractivity contribution in [1.29, 1.82) is 0 Å². The van der Waals surface area contributed by atoms with Gasteiger partial charge in [-0.3, -0.25) is 10.1 Å². The first-order valence-corrected chi connectivity index (χ1v) is 7.85. The molecular formula is C11H15BrN2O5S. The molecule has 1 rings (SSSR count). The maximum atomic E-state index is 12.2. The van der Waals surface area contributed by atoms with Crippen molar-refractivity contribution in [2.75, 3.05) is 13.7 Å². The van der Waals surface area contributed by atoms with Crippen LogP contribution in [0.4, 0.5) is 5.69 Å². The molecule has 112 valence electrons. The van der Waals surface area contributed by atoms with E-state index in [0.29, 0.717) is 4.47 Å². The molecule has 0 spiro atoms. The van der Waals surface area contributed by atoms with Crippen LogP contribution in [0.1, 0.15) is 13.8 Å². The smallest absolute Gasteiger partial charge is 0.289 e. The summed E-state index contributed by atoms with van der Waals surface area (Å²) in [6.45, 7) is 3.39. The topological polar surface area (TPSA) is 98.5 Å². The number of sulfonamides is 1. The van der Waals surface area contributed by atoms with Gasteiger partial charge in [0.05, 0.1) is 10.5 Å². The largest absolute Gasteiger partial charge is 0.377 e. The molecule has 0 heterocycles. The average molecular weight is 367 g/mol. The van der Waals surface area contributed by atoms with Crippen LogP contribution in [0.5, 0.6) is 0 Å². The van der Waals surface area contributed by atoms with Gasteiger partial charge < -0.3 is 4.74 Å². The van der Waals surface area contributed by atoms with Crippen molar-refractivity contribution in [3.05, 3.63) is 32.8 Å².